The van der Waals surface area contributed by atoms with Gasteiger partial charge in [-0.3, -0.25) is 9.59 Å². The van der Waals surface area contributed by atoms with Gasteiger partial charge in [0.15, 0.2) is 0 Å². The van der Waals surface area contributed by atoms with E-state index in [4.69, 9.17) is 5.11 Å². The lowest BCUT2D eigenvalue weighted by Crippen LogP contribution is -2.61. The van der Waals surface area contributed by atoms with Gasteiger partial charge in [0, 0.05) is 33.1 Å². The van der Waals surface area contributed by atoms with Gasteiger partial charge < -0.3 is 15.3 Å². The van der Waals surface area contributed by atoms with Gasteiger partial charge in [-0.25, -0.2) is 13.2 Å². The van der Waals surface area contributed by atoms with Crippen LogP contribution in [0, 0.1) is 0 Å². The number of benzene rings is 2. The van der Waals surface area contributed by atoms with Crippen molar-refractivity contribution in [3.05, 3.63) is 65.2 Å². The van der Waals surface area contributed by atoms with Gasteiger partial charge in [-0.2, -0.15) is 4.31 Å². The highest BCUT2D eigenvalue weighted by Gasteiger charge is 2.40. The Morgan fingerprint density at radius 1 is 1.03 bits per heavy atom. The predicted molar refractivity (Wildman–Crippen MR) is 131 cm³/mol. The minimum absolute atomic E-state index is 0.0165. The monoisotopic (exact) mass is 501 g/mol. The number of piperazine rings is 1. The Morgan fingerprint density at radius 2 is 1.66 bits per heavy atom. The molecule has 1 aliphatic rings. The second-order valence-corrected chi connectivity index (χ2v) is 10.8. The van der Waals surface area contributed by atoms with E-state index in [1.807, 2.05) is 13.8 Å². The number of carbonyl (C=O) groups excluding carboxylic acids is 2. The fourth-order valence-electron chi connectivity index (χ4n) is 3.98. The number of sulfonamides is 1. The van der Waals surface area contributed by atoms with Crippen LogP contribution in [0.1, 0.15) is 48.2 Å². The summed E-state index contributed by atoms with van der Waals surface area (Å²) in [6.07, 6.45) is 0.443. The van der Waals surface area contributed by atoms with E-state index >= 15 is 0 Å². The van der Waals surface area contributed by atoms with E-state index in [1.165, 1.54) is 28.3 Å². The number of carboxylic acids is 1. The first kappa shape index (κ1) is 26.4. The second-order valence-electron chi connectivity index (χ2n) is 8.86. The Balaban J connectivity index is 1.74. The first-order valence-electron chi connectivity index (χ1n) is 11.5. The number of nitrogens with zero attached hydrogens (tertiary/aromatic N) is 2. The molecule has 1 atom stereocenters. The molecule has 0 radical (unpaired) electrons. The molecule has 0 bridgehead atoms. The normalized spacial score (nSPS) is 16.8. The molecule has 0 saturated carbocycles. The Kier molecular flexibility index (Phi) is 8.29. The average molecular weight is 502 g/mol. The maximum absolute atomic E-state index is 13.4. The number of hydrogen-bond acceptors (Lipinski definition) is 5. The van der Waals surface area contributed by atoms with Crippen LogP contribution in [0.3, 0.4) is 0 Å². The Bertz CT molecular complexity index is 1180. The van der Waals surface area contributed by atoms with Crippen molar-refractivity contribution in [1.82, 2.24) is 14.5 Å². The van der Waals surface area contributed by atoms with Crippen molar-refractivity contribution in [3.63, 3.8) is 0 Å². The first-order valence-corrected chi connectivity index (χ1v) is 12.9. The fourth-order valence-corrected chi connectivity index (χ4v) is 5.55. The highest BCUT2D eigenvalue weighted by molar-refractivity contribution is 7.89. The van der Waals surface area contributed by atoms with E-state index in [0.29, 0.717) is 6.42 Å². The van der Waals surface area contributed by atoms with Gasteiger partial charge in [0.1, 0.15) is 6.04 Å². The standard InChI is InChI=1S/C25H31N3O6S/c1-17(2)20-8-10-22(11-9-20)35(33,34)28-15-14-27(18(3)29)16-23(28)24(30)26-13-12-19-4-6-21(7-5-19)25(31)32/h4-11,17,23H,12-16H2,1-3H3,(H,26,30)(H,31,32)/t23-/m1/s1. The third-order valence-corrected chi connectivity index (χ3v) is 8.07. The lowest BCUT2D eigenvalue weighted by Gasteiger charge is -2.39. The van der Waals surface area contributed by atoms with Crippen molar-refractivity contribution < 1.29 is 27.9 Å². The molecule has 35 heavy (non-hydrogen) atoms. The zero-order chi connectivity index (χ0) is 25.8. The van der Waals surface area contributed by atoms with E-state index in [0.717, 1.165) is 11.1 Å². The number of nitrogens with one attached hydrogen (secondary N) is 1. The Labute approximate surface area is 205 Å². The van der Waals surface area contributed by atoms with Crippen LogP contribution >= 0.6 is 0 Å². The van der Waals surface area contributed by atoms with Crippen LogP contribution in [0.5, 0.6) is 0 Å². The summed E-state index contributed by atoms with van der Waals surface area (Å²) < 4.78 is 28.0. The maximum Gasteiger partial charge on any atom is 0.335 e. The predicted octanol–water partition coefficient (Wildman–Crippen LogP) is 2.09. The summed E-state index contributed by atoms with van der Waals surface area (Å²) in [6.45, 7) is 5.86. The first-order chi connectivity index (χ1) is 16.5. The second kappa shape index (κ2) is 11.0. The molecule has 0 aromatic heterocycles. The van der Waals surface area contributed by atoms with E-state index in [-0.39, 0.29) is 48.5 Å². The molecule has 0 unspecified atom stereocenters. The summed E-state index contributed by atoms with van der Waals surface area (Å²) in [5, 5.41) is 11.8. The largest absolute Gasteiger partial charge is 0.478 e. The quantitative estimate of drug-likeness (QED) is 0.571. The van der Waals surface area contributed by atoms with Gasteiger partial charge in [0.2, 0.25) is 21.8 Å². The molecule has 2 aromatic carbocycles. The zero-order valence-electron chi connectivity index (χ0n) is 20.1. The van der Waals surface area contributed by atoms with Crippen LogP contribution in [0.4, 0.5) is 0 Å². The summed E-state index contributed by atoms with van der Waals surface area (Å²) in [5.41, 5.74) is 2.02. The van der Waals surface area contributed by atoms with Crippen molar-refractivity contribution >= 4 is 27.8 Å². The molecule has 1 aliphatic heterocycles. The molecule has 1 fully saturated rings. The smallest absolute Gasteiger partial charge is 0.335 e. The molecular weight excluding hydrogens is 470 g/mol. The molecule has 1 heterocycles. The zero-order valence-corrected chi connectivity index (χ0v) is 20.9. The minimum atomic E-state index is -3.96. The topological polar surface area (TPSA) is 124 Å². The van der Waals surface area contributed by atoms with Gasteiger partial charge in [-0.05, 0) is 47.7 Å². The summed E-state index contributed by atoms with van der Waals surface area (Å²) in [6, 6.07) is 11.9. The maximum atomic E-state index is 13.4. The molecule has 0 spiro atoms. The molecule has 9 nitrogen and oxygen atoms in total. The van der Waals surface area contributed by atoms with Crippen molar-refractivity contribution in [3.8, 4) is 0 Å². The molecule has 188 valence electrons. The fraction of sp³-hybridized carbons (Fsp3) is 0.400. The number of rotatable bonds is 8. The van der Waals surface area contributed by atoms with Crippen LogP contribution < -0.4 is 5.32 Å². The Morgan fingerprint density at radius 3 is 2.20 bits per heavy atom. The minimum Gasteiger partial charge on any atom is -0.478 e. The Hall–Kier alpha value is -3.24. The summed E-state index contributed by atoms with van der Waals surface area (Å²) in [5.74, 6) is -1.47. The highest BCUT2D eigenvalue weighted by atomic mass is 32.2. The average Bonchev–Trinajstić information content (AvgIpc) is 2.83. The summed E-state index contributed by atoms with van der Waals surface area (Å²) in [7, 11) is -3.96. The van der Waals surface area contributed by atoms with Gasteiger partial charge in [0.25, 0.3) is 0 Å². The van der Waals surface area contributed by atoms with Crippen molar-refractivity contribution in [2.75, 3.05) is 26.2 Å². The number of carboxylic acid groups (broad SMARTS) is 1. The van der Waals surface area contributed by atoms with Crippen LogP contribution in [0.2, 0.25) is 0 Å². The van der Waals surface area contributed by atoms with Gasteiger partial charge in [-0.15, -0.1) is 0 Å². The van der Waals surface area contributed by atoms with Crippen molar-refractivity contribution in [2.24, 2.45) is 0 Å². The molecule has 10 heteroatoms. The van der Waals surface area contributed by atoms with E-state index in [2.05, 4.69) is 5.32 Å². The van der Waals surface area contributed by atoms with Crippen LogP contribution in [-0.2, 0) is 26.0 Å². The molecule has 3 rings (SSSR count). The number of amides is 2. The number of hydrogen-bond donors (Lipinski definition) is 2. The molecule has 0 aliphatic carbocycles. The summed E-state index contributed by atoms with van der Waals surface area (Å²) in [4.78, 5) is 37.6. The van der Waals surface area contributed by atoms with Crippen molar-refractivity contribution in [1.29, 1.82) is 0 Å². The number of aromatic carboxylic acids is 1. The van der Waals surface area contributed by atoms with Gasteiger partial charge in [0.05, 0.1) is 10.5 Å². The van der Waals surface area contributed by atoms with Gasteiger partial charge in [-0.1, -0.05) is 38.1 Å². The molecular formula is C25H31N3O6S. The highest BCUT2D eigenvalue weighted by Crippen LogP contribution is 2.24. The third-order valence-electron chi connectivity index (χ3n) is 6.15. The lowest BCUT2D eigenvalue weighted by molar-refractivity contribution is -0.134. The van der Waals surface area contributed by atoms with Gasteiger partial charge >= 0.3 is 5.97 Å². The van der Waals surface area contributed by atoms with E-state index in [1.54, 1.807) is 36.4 Å². The van der Waals surface area contributed by atoms with E-state index in [9.17, 15) is 22.8 Å². The summed E-state index contributed by atoms with van der Waals surface area (Å²) >= 11 is 0. The van der Waals surface area contributed by atoms with Crippen molar-refractivity contribution in [2.45, 2.75) is 44.0 Å². The van der Waals surface area contributed by atoms with Crippen LogP contribution in [0.15, 0.2) is 53.4 Å². The molecule has 2 N–H and O–H groups in total. The van der Waals surface area contributed by atoms with E-state index < -0.39 is 27.9 Å². The molecule has 1 saturated heterocycles. The third kappa shape index (κ3) is 6.26. The number of carbonyl (C=O) groups is 3. The van der Waals surface area contributed by atoms with Crippen LogP contribution in [-0.4, -0.2) is 72.7 Å². The lowest BCUT2D eigenvalue weighted by atomic mass is 10.0. The molecule has 2 aromatic rings. The van der Waals surface area contributed by atoms with Crippen LogP contribution in [0.25, 0.3) is 0 Å². The molecule has 2 amide bonds. The SMILES string of the molecule is CC(=O)N1CCN(S(=O)(=O)c2ccc(C(C)C)cc2)[C@@H](C(=O)NCCc2ccc(C(=O)O)cc2)C1.